The van der Waals surface area contributed by atoms with E-state index in [1.807, 2.05) is 0 Å². The van der Waals surface area contributed by atoms with Gasteiger partial charge in [-0.05, 0) is 195 Å². The number of fused-ring (bicyclic) bond motifs is 11. The van der Waals surface area contributed by atoms with Gasteiger partial charge in [-0.3, -0.25) is 0 Å². The Labute approximate surface area is 456 Å². The molecule has 0 amide bonds. The Hall–Kier alpha value is -6.82. The molecule has 2 aliphatic heterocycles. The maximum absolute atomic E-state index is 2.78. The lowest BCUT2D eigenvalue weighted by atomic mass is 9.35. The third kappa shape index (κ3) is 6.79. The lowest BCUT2D eigenvalue weighted by molar-refractivity contribution is 0.332. The summed E-state index contributed by atoms with van der Waals surface area (Å²) in [4.78, 5) is 7.96. The molecule has 0 saturated heterocycles. The first-order chi connectivity index (χ1) is 36.2. The molecule has 8 aromatic carbocycles. The van der Waals surface area contributed by atoms with Gasteiger partial charge in [-0.1, -0.05) is 154 Å². The zero-order chi connectivity index (χ0) is 52.6. The highest BCUT2D eigenvalue weighted by Gasteiger charge is 2.50. The topological polar surface area (TPSA) is 9.72 Å². The molecule has 1 aromatic heterocycles. The largest absolute Gasteiger partial charge is 0.311 e. The smallest absolute Gasteiger partial charge is 0.264 e. The van der Waals surface area contributed by atoms with Gasteiger partial charge in [-0.15, -0.1) is 11.3 Å². The summed E-state index contributed by atoms with van der Waals surface area (Å²) < 4.78 is 2.82. The van der Waals surface area contributed by atoms with Crippen LogP contribution < -0.4 is 30.4 Å². The molecule has 3 nitrogen and oxygen atoms in total. The SMILES string of the molecule is Cc1cc(C)cc(N2c3cc4c(cc3B3c5sc6cc7c(cc6c5N(c5cccc6c5-c5ccccc5C6(C)C)c5cc(N(c6ccccc6)c6ccccc6)cc2c53)C(C)(C)CCC7(C)C)C(C)(C)CCC4(C)C)c1. The van der Waals surface area contributed by atoms with Crippen LogP contribution in [0, 0.1) is 13.8 Å². The average Bonchev–Trinajstić information content (AvgIpc) is 3.88. The van der Waals surface area contributed by atoms with Gasteiger partial charge in [0.2, 0.25) is 0 Å². The molecule has 0 spiro atoms. The predicted octanol–water partition coefficient (Wildman–Crippen LogP) is 18.1. The fourth-order valence-electron chi connectivity index (χ4n) is 14.8. The average molecular weight is 1010 g/mol. The van der Waals surface area contributed by atoms with Crippen molar-refractivity contribution < 1.29 is 0 Å². The Balaban J connectivity index is 1.19. The van der Waals surface area contributed by atoms with Crippen molar-refractivity contribution in [2.75, 3.05) is 14.7 Å². The van der Waals surface area contributed by atoms with Crippen LogP contribution in [-0.2, 0) is 27.1 Å². The summed E-state index contributed by atoms with van der Waals surface area (Å²) in [5.74, 6) is 0. The highest BCUT2D eigenvalue weighted by molar-refractivity contribution is 7.33. The summed E-state index contributed by atoms with van der Waals surface area (Å²) in [6.07, 6.45) is 4.66. The molecule has 0 saturated carbocycles. The maximum Gasteiger partial charge on any atom is 0.264 e. The molecule has 0 fully saturated rings. The fourth-order valence-corrected chi connectivity index (χ4v) is 16.2. The summed E-state index contributed by atoms with van der Waals surface area (Å²) in [6, 6.07) is 61.5. The van der Waals surface area contributed by atoms with Crippen LogP contribution in [0.1, 0.15) is 139 Å². The second-order valence-electron chi connectivity index (χ2n) is 26.4. The standard InChI is InChI=1S/C71H70BN3S/c1-43-34-44(2)36-47(35-43)74-59-41-55-54(68(5,6)31-32-69(55,7)8)40-57(59)72-64-60(74)37-48(73(45-22-15-13-16-23-45)46-24-17-14-18-25-46)38-61(64)75(58-29-21-28-52-63(58)49-26-19-20-27-51(49)71(52,11)12)65-50-39-53-56(42-62(50)76-66(65)72)70(9,10)33-30-67(53,3)4/h13-29,34-42H,30-33H2,1-12H3. The van der Waals surface area contributed by atoms with Crippen LogP contribution in [0.5, 0.6) is 0 Å². The van der Waals surface area contributed by atoms with E-state index in [0.717, 1.165) is 29.9 Å². The van der Waals surface area contributed by atoms with Crippen molar-refractivity contribution in [3.05, 3.63) is 202 Å². The van der Waals surface area contributed by atoms with E-state index in [4.69, 9.17) is 0 Å². The monoisotopic (exact) mass is 1010 g/mol. The minimum absolute atomic E-state index is 0.0152. The molecule has 3 heterocycles. The molecular weight excluding hydrogens is 938 g/mol. The third-order valence-corrected chi connectivity index (χ3v) is 20.4. The van der Waals surface area contributed by atoms with E-state index in [-0.39, 0.29) is 33.8 Å². The summed E-state index contributed by atoms with van der Waals surface area (Å²) in [6.45, 7) is 29.3. The van der Waals surface area contributed by atoms with Gasteiger partial charge in [0.15, 0.2) is 0 Å². The van der Waals surface area contributed by atoms with E-state index < -0.39 is 0 Å². The Morgan fingerprint density at radius 2 is 0.974 bits per heavy atom. The number of rotatable bonds is 5. The molecular formula is C71H70BN3S. The van der Waals surface area contributed by atoms with Crippen LogP contribution in [0.2, 0.25) is 0 Å². The van der Waals surface area contributed by atoms with Gasteiger partial charge < -0.3 is 14.7 Å². The lowest BCUT2D eigenvalue weighted by Crippen LogP contribution is -2.61. The molecule has 14 rings (SSSR count). The molecule has 9 aromatic rings. The Kier molecular flexibility index (Phi) is 10.1. The van der Waals surface area contributed by atoms with Gasteiger partial charge in [0.1, 0.15) is 0 Å². The van der Waals surface area contributed by atoms with E-state index in [9.17, 15) is 0 Å². The molecule has 0 radical (unpaired) electrons. The van der Waals surface area contributed by atoms with Crippen molar-refractivity contribution in [1.29, 1.82) is 0 Å². The van der Waals surface area contributed by atoms with Crippen molar-refractivity contribution >= 4 is 95.0 Å². The third-order valence-electron chi connectivity index (χ3n) is 19.2. The van der Waals surface area contributed by atoms with Crippen molar-refractivity contribution in [3.63, 3.8) is 0 Å². The Bertz CT molecular complexity index is 3850. The van der Waals surface area contributed by atoms with Crippen molar-refractivity contribution in [2.24, 2.45) is 0 Å². The van der Waals surface area contributed by atoms with E-state index >= 15 is 0 Å². The van der Waals surface area contributed by atoms with Crippen molar-refractivity contribution in [2.45, 2.75) is 136 Å². The van der Waals surface area contributed by atoms with Gasteiger partial charge in [-0.2, -0.15) is 0 Å². The molecule has 378 valence electrons. The minimum atomic E-state index is -0.175. The van der Waals surface area contributed by atoms with Crippen LogP contribution in [-0.4, -0.2) is 6.71 Å². The number of benzene rings is 8. The highest BCUT2D eigenvalue weighted by atomic mass is 32.1. The minimum Gasteiger partial charge on any atom is -0.311 e. The zero-order valence-electron chi connectivity index (χ0n) is 46.7. The van der Waals surface area contributed by atoms with E-state index in [2.05, 4.69) is 267 Å². The molecule has 0 unspecified atom stereocenters. The number of anilines is 9. The maximum atomic E-state index is 2.78. The molecule has 5 heteroatoms. The second-order valence-corrected chi connectivity index (χ2v) is 27.5. The van der Waals surface area contributed by atoms with Gasteiger partial charge >= 0.3 is 0 Å². The summed E-state index contributed by atoms with van der Waals surface area (Å²) in [7, 11) is 0. The molecule has 0 atom stereocenters. The van der Waals surface area contributed by atoms with Crippen LogP contribution in [0.25, 0.3) is 21.2 Å². The highest BCUT2D eigenvalue weighted by Crippen LogP contribution is 2.59. The number of thiophene rings is 1. The Morgan fingerprint density at radius 1 is 0.447 bits per heavy atom. The first kappa shape index (κ1) is 47.6. The fraction of sp³-hybridized carbons (Fsp3) is 0.296. The quantitative estimate of drug-likeness (QED) is 0.159. The van der Waals surface area contributed by atoms with Crippen molar-refractivity contribution in [3.8, 4) is 11.1 Å². The summed E-state index contributed by atoms with van der Waals surface area (Å²) in [5.41, 5.74) is 27.7. The van der Waals surface area contributed by atoms with Gasteiger partial charge in [0.25, 0.3) is 6.71 Å². The molecule has 3 aliphatic carbocycles. The first-order valence-electron chi connectivity index (χ1n) is 28.0. The number of aryl methyl sites for hydroxylation is 2. The van der Waals surface area contributed by atoms with Crippen LogP contribution in [0.15, 0.2) is 158 Å². The first-order valence-corrected chi connectivity index (χ1v) is 28.9. The molecule has 0 N–H and O–H groups in total. The van der Waals surface area contributed by atoms with E-state index in [0.29, 0.717) is 0 Å². The van der Waals surface area contributed by atoms with Crippen LogP contribution >= 0.6 is 11.3 Å². The number of hydrogen-bond acceptors (Lipinski definition) is 4. The van der Waals surface area contributed by atoms with E-state index in [1.165, 1.54) is 128 Å². The predicted molar refractivity (Wildman–Crippen MR) is 328 cm³/mol. The normalized spacial score (nSPS) is 18.2. The number of nitrogens with zero attached hydrogens (tertiary/aromatic N) is 3. The number of para-hydroxylation sites is 2. The lowest BCUT2D eigenvalue weighted by Gasteiger charge is -2.47. The molecule has 76 heavy (non-hydrogen) atoms. The molecule has 5 aliphatic rings. The van der Waals surface area contributed by atoms with Gasteiger partial charge in [0, 0.05) is 60.0 Å². The number of hydrogen-bond donors (Lipinski definition) is 0. The van der Waals surface area contributed by atoms with Crippen LogP contribution in [0.4, 0.5) is 51.2 Å². The summed E-state index contributed by atoms with van der Waals surface area (Å²) >= 11 is 2.07. The summed E-state index contributed by atoms with van der Waals surface area (Å²) in [5, 5.41) is 1.37. The van der Waals surface area contributed by atoms with Gasteiger partial charge in [0.05, 0.1) is 17.1 Å². The van der Waals surface area contributed by atoms with E-state index in [1.54, 1.807) is 0 Å². The second kappa shape index (κ2) is 16.1. The zero-order valence-corrected chi connectivity index (χ0v) is 47.5. The van der Waals surface area contributed by atoms with Crippen molar-refractivity contribution in [1.82, 2.24) is 0 Å². The van der Waals surface area contributed by atoms with Crippen LogP contribution in [0.3, 0.4) is 0 Å². The molecule has 0 bridgehead atoms. The van der Waals surface area contributed by atoms with Gasteiger partial charge in [-0.25, -0.2) is 0 Å². The Morgan fingerprint density at radius 3 is 1.59 bits per heavy atom.